The summed E-state index contributed by atoms with van der Waals surface area (Å²) in [6.45, 7) is 4.53. The molecule has 0 aromatic heterocycles. The average molecular weight is 265 g/mol. The summed E-state index contributed by atoms with van der Waals surface area (Å²) in [5.41, 5.74) is 8.08. The molecule has 1 aromatic carbocycles. The van der Waals surface area contributed by atoms with E-state index in [-0.39, 0.29) is 0 Å². The number of nitrogens with two attached hydrogens (primary N) is 1. The van der Waals surface area contributed by atoms with Gasteiger partial charge in [0.05, 0.1) is 25.7 Å². The molecule has 1 atom stereocenters. The second-order valence-corrected chi connectivity index (χ2v) is 5.12. The van der Waals surface area contributed by atoms with Gasteiger partial charge in [0.15, 0.2) is 0 Å². The van der Waals surface area contributed by atoms with Crippen molar-refractivity contribution >= 4 is 5.97 Å². The van der Waals surface area contributed by atoms with Gasteiger partial charge in [0.25, 0.3) is 0 Å². The summed E-state index contributed by atoms with van der Waals surface area (Å²) in [5, 5.41) is 9.23. The Labute approximate surface area is 112 Å². The van der Waals surface area contributed by atoms with Crippen LogP contribution in [0.1, 0.15) is 16.7 Å². The molecule has 0 bridgehead atoms. The molecular formula is C14H19NO4. The van der Waals surface area contributed by atoms with Gasteiger partial charge in [-0.2, -0.15) is 0 Å². The Bertz CT molecular complexity index is 508. The second kappa shape index (κ2) is 4.83. The third kappa shape index (κ3) is 2.09. The number of rotatable bonds is 4. The van der Waals surface area contributed by atoms with E-state index in [2.05, 4.69) is 0 Å². The summed E-state index contributed by atoms with van der Waals surface area (Å²) >= 11 is 0. The highest BCUT2D eigenvalue weighted by Crippen LogP contribution is 2.42. The molecule has 0 amide bonds. The van der Waals surface area contributed by atoms with Crippen molar-refractivity contribution in [3.05, 3.63) is 28.8 Å². The minimum atomic E-state index is -1.02. The molecule has 5 nitrogen and oxygen atoms in total. The van der Waals surface area contributed by atoms with Crippen LogP contribution in [0.15, 0.2) is 12.1 Å². The third-order valence-corrected chi connectivity index (χ3v) is 3.74. The van der Waals surface area contributed by atoms with Gasteiger partial charge in [-0.3, -0.25) is 4.79 Å². The Hall–Kier alpha value is -1.59. The maximum atomic E-state index is 11.3. The fraction of sp³-hybridized carbons (Fsp3) is 0.500. The van der Waals surface area contributed by atoms with Crippen molar-refractivity contribution in [2.45, 2.75) is 25.3 Å². The first-order chi connectivity index (χ1) is 8.92. The number of carbonyl (C=O) groups is 1. The lowest BCUT2D eigenvalue weighted by Crippen LogP contribution is -2.62. The van der Waals surface area contributed by atoms with Crippen molar-refractivity contribution in [1.82, 2.24) is 0 Å². The van der Waals surface area contributed by atoms with Gasteiger partial charge in [0.2, 0.25) is 0 Å². The van der Waals surface area contributed by atoms with Gasteiger partial charge in [-0.25, -0.2) is 0 Å². The summed E-state index contributed by atoms with van der Waals surface area (Å²) in [5.74, 6) is -0.345. The minimum absolute atomic E-state index is 0.306. The predicted molar refractivity (Wildman–Crippen MR) is 70.6 cm³/mol. The largest absolute Gasteiger partial charge is 0.496 e. The number of aliphatic carboxylic acids is 1. The van der Waals surface area contributed by atoms with Gasteiger partial charge in [-0.15, -0.1) is 0 Å². The minimum Gasteiger partial charge on any atom is -0.496 e. The number of carboxylic acids is 1. The fourth-order valence-electron chi connectivity index (χ4n) is 2.77. The van der Waals surface area contributed by atoms with Crippen molar-refractivity contribution < 1.29 is 19.4 Å². The Morgan fingerprint density at radius 3 is 2.53 bits per heavy atom. The fourth-order valence-corrected chi connectivity index (χ4v) is 2.77. The normalized spacial score (nSPS) is 18.5. The van der Waals surface area contributed by atoms with E-state index in [0.717, 1.165) is 16.7 Å². The van der Waals surface area contributed by atoms with Crippen LogP contribution in [0, 0.1) is 13.8 Å². The molecule has 0 saturated carbocycles. The Kier molecular flexibility index (Phi) is 3.52. The van der Waals surface area contributed by atoms with Gasteiger partial charge in [0, 0.05) is 5.56 Å². The number of benzene rings is 1. The van der Waals surface area contributed by atoms with Crippen LogP contribution in [0.5, 0.6) is 5.75 Å². The number of carboxylic acid groups (broad SMARTS) is 1. The van der Waals surface area contributed by atoms with E-state index in [9.17, 15) is 9.90 Å². The SMILES string of the molecule is COc1cc(C)cc(C)c1C1(C(N)C(=O)O)COC1. The topological polar surface area (TPSA) is 81.8 Å². The molecule has 0 radical (unpaired) electrons. The van der Waals surface area contributed by atoms with E-state index in [1.165, 1.54) is 0 Å². The molecule has 19 heavy (non-hydrogen) atoms. The standard InChI is InChI=1S/C14H19NO4/c1-8-4-9(2)11(10(5-8)18-3)14(6-19-7-14)12(15)13(16)17/h4-5,12H,6-7,15H2,1-3H3,(H,16,17). The Balaban J connectivity index is 2.58. The molecule has 1 heterocycles. The number of aryl methyl sites for hydroxylation is 2. The van der Waals surface area contributed by atoms with Crippen LogP contribution in [-0.4, -0.2) is 37.4 Å². The lowest BCUT2D eigenvalue weighted by Gasteiger charge is -2.45. The highest BCUT2D eigenvalue weighted by molar-refractivity contribution is 5.77. The maximum absolute atomic E-state index is 11.3. The Morgan fingerprint density at radius 1 is 1.47 bits per heavy atom. The number of hydrogen-bond acceptors (Lipinski definition) is 4. The van der Waals surface area contributed by atoms with Crippen molar-refractivity contribution in [3.63, 3.8) is 0 Å². The number of ether oxygens (including phenoxy) is 2. The molecular weight excluding hydrogens is 246 g/mol. The van der Waals surface area contributed by atoms with Crippen molar-refractivity contribution in [2.75, 3.05) is 20.3 Å². The van der Waals surface area contributed by atoms with E-state index in [0.29, 0.717) is 19.0 Å². The molecule has 104 valence electrons. The molecule has 1 aliphatic rings. The molecule has 0 spiro atoms. The van der Waals surface area contributed by atoms with Crippen LogP contribution in [-0.2, 0) is 14.9 Å². The first kappa shape index (κ1) is 13.8. The van der Waals surface area contributed by atoms with Crippen LogP contribution in [0.25, 0.3) is 0 Å². The molecule has 1 aromatic rings. The third-order valence-electron chi connectivity index (χ3n) is 3.74. The van der Waals surface area contributed by atoms with Gasteiger partial charge in [-0.05, 0) is 31.0 Å². The van der Waals surface area contributed by atoms with Gasteiger partial charge < -0.3 is 20.3 Å². The van der Waals surface area contributed by atoms with Gasteiger partial charge in [-0.1, -0.05) is 6.07 Å². The van der Waals surface area contributed by atoms with Crippen LogP contribution >= 0.6 is 0 Å². The summed E-state index contributed by atoms with van der Waals surface area (Å²) < 4.78 is 10.7. The molecule has 1 fully saturated rings. The number of hydrogen-bond donors (Lipinski definition) is 2. The van der Waals surface area contributed by atoms with E-state index < -0.39 is 17.4 Å². The van der Waals surface area contributed by atoms with E-state index in [1.807, 2.05) is 26.0 Å². The molecule has 0 aliphatic carbocycles. The summed E-state index contributed by atoms with van der Waals surface area (Å²) in [6.07, 6.45) is 0. The Morgan fingerprint density at radius 2 is 2.11 bits per heavy atom. The van der Waals surface area contributed by atoms with Crippen LogP contribution in [0.2, 0.25) is 0 Å². The zero-order valence-corrected chi connectivity index (χ0v) is 11.4. The lowest BCUT2D eigenvalue weighted by atomic mass is 9.70. The summed E-state index contributed by atoms with van der Waals surface area (Å²) in [7, 11) is 1.58. The highest BCUT2D eigenvalue weighted by Gasteiger charge is 2.51. The quantitative estimate of drug-likeness (QED) is 0.848. The first-order valence-corrected chi connectivity index (χ1v) is 6.14. The smallest absolute Gasteiger partial charge is 0.321 e. The van der Waals surface area contributed by atoms with Crippen molar-refractivity contribution in [2.24, 2.45) is 5.73 Å². The van der Waals surface area contributed by atoms with E-state index in [1.54, 1.807) is 7.11 Å². The van der Waals surface area contributed by atoms with Gasteiger partial charge in [0.1, 0.15) is 11.8 Å². The summed E-state index contributed by atoms with van der Waals surface area (Å²) in [4.78, 5) is 11.3. The van der Waals surface area contributed by atoms with E-state index >= 15 is 0 Å². The van der Waals surface area contributed by atoms with Crippen molar-refractivity contribution in [1.29, 1.82) is 0 Å². The van der Waals surface area contributed by atoms with Crippen LogP contribution in [0.3, 0.4) is 0 Å². The zero-order chi connectivity index (χ0) is 14.2. The van der Waals surface area contributed by atoms with Crippen LogP contribution < -0.4 is 10.5 Å². The summed E-state index contributed by atoms with van der Waals surface area (Å²) in [6, 6.07) is 2.90. The molecule has 2 rings (SSSR count). The molecule has 5 heteroatoms. The zero-order valence-electron chi connectivity index (χ0n) is 11.4. The highest BCUT2D eigenvalue weighted by atomic mass is 16.5. The second-order valence-electron chi connectivity index (χ2n) is 5.12. The molecule has 3 N–H and O–H groups in total. The average Bonchev–Trinajstić information content (AvgIpc) is 2.29. The van der Waals surface area contributed by atoms with Crippen molar-refractivity contribution in [3.8, 4) is 5.75 Å². The lowest BCUT2D eigenvalue weighted by molar-refractivity contribution is -0.149. The molecule has 1 aliphatic heterocycles. The number of methoxy groups -OCH3 is 1. The monoisotopic (exact) mass is 265 g/mol. The molecule has 1 saturated heterocycles. The molecule has 1 unspecified atom stereocenters. The predicted octanol–water partition coefficient (Wildman–Crippen LogP) is 0.992. The first-order valence-electron chi connectivity index (χ1n) is 6.14. The van der Waals surface area contributed by atoms with Crippen LogP contribution in [0.4, 0.5) is 0 Å². The maximum Gasteiger partial charge on any atom is 0.321 e. The van der Waals surface area contributed by atoms with Gasteiger partial charge >= 0.3 is 5.97 Å². The van der Waals surface area contributed by atoms with E-state index in [4.69, 9.17) is 15.2 Å².